The van der Waals surface area contributed by atoms with Gasteiger partial charge < -0.3 is 18.6 Å². The maximum absolute atomic E-state index is 12.6. The fraction of sp³-hybridized carbons (Fsp3) is 0.389. The van der Waals surface area contributed by atoms with Gasteiger partial charge in [0, 0.05) is 31.1 Å². The molecule has 4 rings (SSSR count). The molecule has 0 unspecified atom stereocenters. The molecule has 1 fully saturated rings. The molecule has 23 heavy (non-hydrogen) atoms. The Morgan fingerprint density at radius 3 is 2.70 bits per heavy atom. The number of amides is 1. The van der Waals surface area contributed by atoms with Crippen LogP contribution >= 0.6 is 0 Å². The highest BCUT2D eigenvalue weighted by Crippen LogP contribution is 2.32. The highest BCUT2D eigenvalue weighted by Gasteiger charge is 2.24. The van der Waals surface area contributed by atoms with E-state index >= 15 is 0 Å². The number of carbonyl (C=O) groups excluding carboxylic acids is 1. The zero-order chi connectivity index (χ0) is 16.0. The molecule has 0 bridgehead atoms. The Morgan fingerprint density at radius 1 is 1.17 bits per heavy atom. The summed E-state index contributed by atoms with van der Waals surface area (Å²) >= 11 is 0. The second-order valence-corrected chi connectivity index (χ2v) is 5.99. The van der Waals surface area contributed by atoms with E-state index in [4.69, 9.17) is 9.15 Å². The number of aromatic nitrogens is 1. The van der Waals surface area contributed by atoms with Crippen molar-refractivity contribution in [3.8, 4) is 0 Å². The summed E-state index contributed by atoms with van der Waals surface area (Å²) in [6.45, 7) is 7.47. The van der Waals surface area contributed by atoms with E-state index in [1.165, 1.54) is 5.56 Å². The van der Waals surface area contributed by atoms with Crippen molar-refractivity contribution in [3.63, 3.8) is 0 Å². The van der Waals surface area contributed by atoms with Gasteiger partial charge in [-0.3, -0.25) is 4.79 Å². The van der Waals surface area contributed by atoms with Gasteiger partial charge in [-0.2, -0.15) is 0 Å². The second kappa shape index (κ2) is 5.42. The van der Waals surface area contributed by atoms with Crippen molar-refractivity contribution >= 4 is 27.9 Å². The smallest absolute Gasteiger partial charge is 0.289 e. The molecule has 0 spiro atoms. The Balaban J connectivity index is 1.83. The van der Waals surface area contributed by atoms with Crippen LogP contribution in [0, 0.1) is 6.92 Å². The van der Waals surface area contributed by atoms with Gasteiger partial charge in [-0.05, 0) is 31.5 Å². The Bertz CT molecular complexity index is 885. The molecular weight excluding hydrogens is 292 g/mol. The Labute approximate surface area is 134 Å². The minimum absolute atomic E-state index is 0.0487. The number of hydrogen-bond donors (Lipinski definition) is 0. The maximum Gasteiger partial charge on any atom is 0.289 e. The minimum Gasteiger partial charge on any atom is -0.449 e. The lowest BCUT2D eigenvalue weighted by atomic mass is 10.2. The van der Waals surface area contributed by atoms with Gasteiger partial charge in [-0.1, -0.05) is 6.07 Å². The lowest BCUT2D eigenvalue weighted by Crippen LogP contribution is -2.40. The molecule has 1 aliphatic rings. The van der Waals surface area contributed by atoms with Crippen LogP contribution in [0.1, 0.15) is 23.0 Å². The lowest BCUT2D eigenvalue weighted by Gasteiger charge is -2.25. The van der Waals surface area contributed by atoms with Gasteiger partial charge in [0.25, 0.3) is 5.91 Å². The number of morpholine rings is 1. The minimum atomic E-state index is -0.0487. The molecule has 1 saturated heterocycles. The number of furan rings is 1. The molecule has 0 aliphatic carbocycles. The summed E-state index contributed by atoms with van der Waals surface area (Å²) in [7, 11) is 0. The van der Waals surface area contributed by atoms with E-state index in [0.29, 0.717) is 32.1 Å². The predicted molar refractivity (Wildman–Crippen MR) is 88.8 cm³/mol. The molecule has 5 heteroatoms. The van der Waals surface area contributed by atoms with Gasteiger partial charge in [0.05, 0.1) is 24.2 Å². The summed E-state index contributed by atoms with van der Waals surface area (Å²) in [6.07, 6.45) is 0. The summed E-state index contributed by atoms with van der Waals surface area (Å²) in [5.74, 6) is 0.369. The molecule has 120 valence electrons. The van der Waals surface area contributed by atoms with Crippen molar-refractivity contribution in [1.82, 2.24) is 9.47 Å². The zero-order valence-electron chi connectivity index (χ0n) is 13.5. The number of aryl methyl sites for hydroxylation is 2. The molecule has 3 aromatic rings. The number of hydrogen-bond acceptors (Lipinski definition) is 3. The molecule has 0 radical (unpaired) electrons. The molecule has 3 heterocycles. The Hall–Kier alpha value is -2.27. The summed E-state index contributed by atoms with van der Waals surface area (Å²) in [4.78, 5) is 14.4. The maximum atomic E-state index is 12.6. The van der Waals surface area contributed by atoms with Crippen molar-refractivity contribution in [2.75, 3.05) is 26.3 Å². The summed E-state index contributed by atoms with van der Waals surface area (Å²) in [5, 5.41) is 1.06. The molecule has 2 aromatic heterocycles. The van der Waals surface area contributed by atoms with Crippen LogP contribution in [0.3, 0.4) is 0 Å². The van der Waals surface area contributed by atoms with Crippen LogP contribution in [0.25, 0.3) is 22.0 Å². The Morgan fingerprint density at radius 2 is 1.96 bits per heavy atom. The third-order valence-corrected chi connectivity index (χ3v) is 4.52. The number of rotatable bonds is 2. The van der Waals surface area contributed by atoms with Gasteiger partial charge in [0.15, 0.2) is 11.3 Å². The molecule has 0 atom stereocenters. The highest BCUT2D eigenvalue weighted by molar-refractivity contribution is 6.07. The number of carbonyl (C=O) groups is 1. The van der Waals surface area contributed by atoms with Crippen LogP contribution in [0.2, 0.25) is 0 Å². The van der Waals surface area contributed by atoms with E-state index in [2.05, 4.69) is 36.6 Å². The lowest BCUT2D eigenvalue weighted by molar-refractivity contribution is 0.0284. The first-order chi connectivity index (χ1) is 11.2. The molecule has 1 amide bonds. The van der Waals surface area contributed by atoms with E-state index < -0.39 is 0 Å². The molecule has 5 nitrogen and oxygen atoms in total. The Kier molecular flexibility index (Phi) is 3.38. The first-order valence-electron chi connectivity index (χ1n) is 8.08. The van der Waals surface area contributed by atoms with Crippen molar-refractivity contribution in [1.29, 1.82) is 0 Å². The molecule has 0 saturated carbocycles. The van der Waals surface area contributed by atoms with E-state index in [1.54, 1.807) is 4.90 Å². The van der Waals surface area contributed by atoms with Crippen LogP contribution in [-0.4, -0.2) is 41.7 Å². The van der Waals surface area contributed by atoms with E-state index in [-0.39, 0.29) is 5.91 Å². The summed E-state index contributed by atoms with van der Waals surface area (Å²) in [6, 6.07) is 8.20. The van der Waals surface area contributed by atoms with Crippen molar-refractivity contribution in [3.05, 3.63) is 35.6 Å². The monoisotopic (exact) mass is 312 g/mol. The van der Waals surface area contributed by atoms with Crippen LogP contribution in [0.5, 0.6) is 0 Å². The summed E-state index contributed by atoms with van der Waals surface area (Å²) in [5.41, 5.74) is 4.17. The van der Waals surface area contributed by atoms with Crippen molar-refractivity contribution in [2.45, 2.75) is 20.4 Å². The van der Waals surface area contributed by atoms with Gasteiger partial charge in [-0.25, -0.2) is 0 Å². The first-order valence-corrected chi connectivity index (χ1v) is 8.08. The van der Waals surface area contributed by atoms with E-state index in [9.17, 15) is 4.79 Å². The van der Waals surface area contributed by atoms with Crippen molar-refractivity contribution < 1.29 is 13.9 Å². The van der Waals surface area contributed by atoms with Crippen LogP contribution in [0.15, 0.2) is 28.7 Å². The van der Waals surface area contributed by atoms with E-state index in [0.717, 1.165) is 28.5 Å². The number of nitrogens with zero attached hydrogens (tertiary/aromatic N) is 2. The molecule has 1 aromatic carbocycles. The molecule has 1 aliphatic heterocycles. The topological polar surface area (TPSA) is 47.6 Å². The molecular formula is C18H20N2O3. The average Bonchev–Trinajstić information content (AvgIpc) is 3.11. The largest absolute Gasteiger partial charge is 0.449 e. The fourth-order valence-electron chi connectivity index (χ4n) is 3.33. The normalized spacial score (nSPS) is 15.7. The number of benzene rings is 1. The van der Waals surface area contributed by atoms with Gasteiger partial charge >= 0.3 is 0 Å². The van der Waals surface area contributed by atoms with Crippen LogP contribution in [0.4, 0.5) is 0 Å². The van der Waals surface area contributed by atoms with Gasteiger partial charge in [0.1, 0.15) is 0 Å². The average molecular weight is 312 g/mol. The van der Waals surface area contributed by atoms with Crippen LogP contribution < -0.4 is 0 Å². The first kappa shape index (κ1) is 14.3. The quantitative estimate of drug-likeness (QED) is 0.730. The van der Waals surface area contributed by atoms with Gasteiger partial charge in [-0.15, -0.1) is 0 Å². The third-order valence-electron chi connectivity index (χ3n) is 4.52. The van der Waals surface area contributed by atoms with Gasteiger partial charge in [0.2, 0.25) is 0 Å². The second-order valence-electron chi connectivity index (χ2n) is 5.99. The third kappa shape index (κ3) is 2.23. The standard InChI is InChI=1S/C18H20N2O3/c1-3-20-14-10-12(2)4-5-13(14)17-15(20)11-16(23-17)18(21)19-6-8-22-9-7-19/h4-5,10-11H,3,6-9H2,1-2H3. The van der Waals surface area contributed by atoms with Crippen molar-refractivity contribution in [2.24, 2.45) is 0 Å². The van der Waals surface area contributed by atoms with E-state index in [1.807, 2.05) is 6.07 Å². The van der Waals surface area contributed by atoms with Crippen LogP contribution in [-0.2, 0) is 11.3 Å². The fourth-order valence-corrected chi connectivity index (χ4v) is 3.33. The number of ether oxygens (including phenoxy) is 1. The molecule has 0 N–H and O–H groups in total. The zero-order valence-corrected chi connectivity index (χ0v) is 13.5. The SMILES string of the molecule is CCn1c2cc(C)ccc2c2oc(C(=O)N3CCOCC3)cc21. The number of fused-ring (bicyclic) bond motifs is 3. The summed E-state index contributed by atoms with van der Waals surface area (Å²) < 4.78 is 13.5. The predicted octanol–water partition coefficient (Wildman–Crippen LogP) is 3.19. The highest BCUT2D eigenvalue weighted by atomic mass is 16.5.